The second-order valence-corrected chi connectivity index (χ2v) is 8.41. The first-order valence-electron chi connectivity index (χ1n) is 8.96. The van der Waals surface area contributed by atoms with E-state index < -0.39 is 22.1 Å². The molecule has 0 spiro atoms. The molecule has 154 valence electrons. The third-order valence-corrected chi connectivity index (χ3v) is 5.71. The number of esters is 1. The Hall–Kier alpha value is -2.91. The first kappa shape index (κ1) is 20.8. The van der Waals surface area contributed by atoms with Crippen molar-refractivity contribution in [2.75, 3.05) is 12.0 Å². The van der Waals surface area contributed by atoms with Crippen LogP contribution in [0.3, 0.4) is 0 Å². The molecule has 0 fully saturated rings. The lowest BCUT2D eigenvalue weighted by Gasteiger charge is -2.26. The van der Waals surface area contributed by atoms with E-state index in [1.165, 1.54) is 26.2 Å². The lowest BCUT2D eigenvalue weighted by molar-refractivity contribution is -0.126. The molecule has 2 aromatic rings. The standard InChI is InChI=1S/C20H22N2O6S/c1-12-10-14-6-4-5-7-17(14)22(12)19(23)13(2)28-20(24)16-11-15(29(21,25)26)8-9-18(16)27-3/h4-9,11-13H,10H2,1-3H3,(H2,21,25,26)/t12-,13+/m0/s1. The number of para-hydroxylation sites is 1. The Balaban J connectivity index is 1.83. The van der Waals surface area contributed by atoms with E-state index >= 15 is 0 Å². The van der Waals surface area contributed by atoms with E-state index in [0.29, 0.717) is 6.42 Å². The van der Waals surface area contributed by atoms with Crippen LogP contribution in [0.5, 0.6) is 5.75 Å². The molecular formula is C20H22N2O6S. The van der Waals surface area contributed by atoms with E-state index in [2.05, 4.69) is 0 Å². The van der Waals surface area contributed by atoms with E-state index in [0.717, 1.165) is 17.3 Å². The third kappa shape index (κ3) is 4.10. The van der Waals surface area contributed by atoms with Crippen LogP contribution >= 0.6 is 0 Å². The van der Waals surface area contributed by atoms with Gasteiger partial charge in [0.25, 0.3) is 5.91 Å². The molecule has 1 heterocycles. The number of anilines is 1. The minimum absolute atomic E-state index is 0.0682. The number of rotatable bonds is 5. The number of carbonyl (C=O) groups excluding carboxylic acids is 2. The maximum absolute atomic E-state index is 13.0. The number of hydrogen-bond donors (Lipinski definition) is 1. The zero-order chi connectivity index (χ0) is 21.3. The van der Waals surface area contributed by atoms with Crippen molar-refractivity contribution in [3.8, 4) is 5.75 Å². The topological polar surface area (TPSA) is 116 Å². The van der Waals surface area contributed by atoms with Gasteiger partial charge in [-0.05, 0) is 50.1 Å². The van der Waals surface area contributed by atoms with E-state index in [1.54, 1.807) is 4.90 Å². The number of methoxy groups -OCH3 is 1. The third-order valence-electron chi connectivity index (χ3n) is 4.80. The largest absolute Gasteiger partial charge is 0.496 e. The first-order valence-corrected chi connectivity index (χ1v) is 10.5. The number of benzene rings is 2. The summed E-state index contributed by atoms with van der Waals surface area (Å²) in [6.45, 7) is 3.40. The molecule has 0 aliphatic carbocycles. The second kappa shape index (κ2) is 7.84. The van der Waals surface area contributed by atoms with Crippen molar-refractivity contribution in [1.29, 1.82) is 0 Å². The number of hydrogen-bond acceptors (Lipinski definition) is 6. The lowest BCUT2D eigenvalue weighted by Crippen LogP contribution is -2.43. The molecule has 0 aromatic heterocycles. The number of nitrogens with zero attached hydrogens (tertiary/aromatic N) is 1. The lowest BCUT2D eigenvalue weighted by atomic mass is 10.1. The summed E-state index contributed by atoms with van der Waals surface area (Å²) >= 11 is 0. The average molecular weight is 418 g/mol. The summed E-state index contributed by atoms with van der Waals surface area (Å²) in [5.74, 6) is -1.13. The predicted molar refractivity (Wildman–Crippen MR) is 106 cm³/mol. The zero-order valence-corrected chi connectivity index (χ0v) is 17.1. The van der Waals surface area contributed by atoms with Crippen LogP contribution in [0.25, 0.3) is 0 Å². The molecule has 2 aromatic carbocycles. The van der Waals surface area contributed by atoms with Crippen molar-refractivity contribution in [3.05, 3.63) is 53.6 Å². The van der Waals surface area contributed by atoms with Gasteiger partial charge in [0, 0.05) is 11.7 Å². The van der Waals surface area contributed by atoms with Crippen LogP contribution in [-0.2, 0) is 26.0 Å². The summed E-state index contributed by atoms with van der Waals surface area (Å²) < 4.78 is 33.6. The summed E-state index contributed by atoms with van der Waals surface area (Å²) in [6, 6.07) is 11.1. The van der Waals surface area contributed by atoms with Crippen LogP contribution in [-0.4, -0.2) is 39.5 Å². The van der Waals surface area contributed by atoms with Gasteiger partial charge in [0.2, 0.25) is 10.0 Å². The molecular weight excluding hydrogens is 396 g/mol. The van der Waals surface area contributed by atoms with Crippen molar-refractivity contribution in [1.82, 2.24) is 0 Å². The first-order chi connectivity index (χ1) is 13.6. The summed E-state index contributed by atoms with van der Waals surface area (Å²) in [6.07, 6.45) is -0.369. The van der Waals surface area contributed by atoms with Gasteiger partial charge in [-0.15, -0.1) is 0 Å². The number of sulfonamides is 1. The highest BCUT2D eigenvalue weighted by Gasteiger charge is 2.35. The Labute approximate surface area is 169 Å². The molecule has 1 amide bonds. The van der Waals surface area contributed by atoms with Gasteiger partial charge in [0.05, 0.1) is 12.0 Å². The zero-order valence-electron chi connectivity index (χ0n) is 16.3. The van der Waals surface area contributed by atoms with E-state index in [9.17, 15) is 18.0 Å². The Morgan fingerprint density at radius 2 is 1.90 bits per heavy atom. The fourth-order valence-electron chi connectivity index (χ4n) is 3.40. The Bertz CT molecular complexity index is 1070. The van der Waals surface area contributed by atoms with Gasteiger partial charge < -0.3 is 14.4 Å². The van der Waals surface area contributed by atoms with Gasteiger partial charge >= 0.3 is 5.97 Å². The molecule has 0 unspecified atom stereocenters. The average Bonchev–Trinajstić information content (AvgIpc) is 3.01. The molecule has 1 aliphatic rings. The van der Waals surface area contributed by atoms with Crippen molar-refractivity contribution in [2.24, 2.45) is 5.14 Å². The maximum atomic E-state index is 13.0. The molecule has 0 bridgehead atoms. The Morgan fingerprint density at radius 3 is 2.55 bits per heavy atom. The quantitative estimate of drug-likeness (QED) is 0.741. The molecule has 8 nitrogen and oxygen atoms in total. The summed E-state index contributed by atoms with van der Waals surface area (Å²) in [5.41, 5.74) is 1.71. The molecule has 0 saturated heterocycles. The van der Waals surface area contributed by atoms with Gasteiger partial charge in [-0.3, -0.25) is 4.79 Å². The molecule has 9 heteroatoms. The number of nitrogens with two attached hydrogens (primary N) is 1. The molecule has 3 rings (SSSR count). The smallest absolute Gasteiger partial charge is 0.342 e. The van der Waals surface area contributed by atoms with Crippen LogP contribution < -0.4 is 14.8 Å². The highest BCUT2D eigenvalue weighted by atomic mass is 32.2. The molecule has 2 atom stereocenters. The summed E-state index contributed by atoms with van der Waals surface area (Å²) in [4.78, 5) is 27.0. The van der Waals surface area contributed by atoms with Gasteiger partial charge in [0.15, 0.2) is 6.10 Å². The highest BCUT2D eigenvalue weighted by molar-refractivity contribution is 7.89. The van der Waals surface area contributed by atoms with Crippen molar-refractivity contribution < 1.29 is 27.5 Å². The van der Waals surface area contributed by atoms with Crippen LogP contribution in [0, 0.1) is 0 Å². The summed E-state index contributed by atoms with van der Waals surface area (Å²) in [7, 11) is -2.69. The van der Waals surface area contributed by atoms with Gasteiger partial charge in [0.1, 0.15) is 11.3 Å². The van der Waals surface area contributed by atoms with Gasteiger partial charge in [-0.1, -0.05) is 18.2 Å². The SMILES string of the molecule is COc1ccc(S(N)(=O)=O)cc1C(=O)O[C@H](C)C(=O)N1c2ccccc2C[C@@H]1C. The van der Waals surface area contributed by atoms with Crippen molar-refractivity contribution >= 4 is 27.6 Å². The number of fused-ring (bicyclic) bond motifs is 1. The maximum Gasteiger partial charge on any atom is 0.342 e. The molecule has 2 N–H and O–H groups in total. The van der Waals surface area contributed by atoms with Crippen LogP contribution in [0.1, 0.15) is 29.8 Å². The summed E-state index contributed by atoms with van der Waals surface area (Å²) in [5, 5.41) is 5.13. The number of carbonyl (C=O) groups is 2. The van der Waals surface area contributed by atoms with Gasteiger partial charge in [-0.25, -0.2) is 18.4 Å². The van der Waals surface area contributed by atoms with E-state index in [1.807, 2.05) is 31.2 Å². The minimum Gasteiger partial charge on any atom is -0.496 e. The van der Waals surface area contributed by atoms with Crippen LogP contribution in [0.4, 0.5) is 5.69 Å². The highest BCUT2D eigenvalue weighted by Crippen LogP contribution is 2.32. The number of primary sulfonamides is 1. The monoisotopic (exact) mass is 418 g/mol. The van der Waals surface area contributed by atoms with E-state index in [4.69, 9.17) is 14.6 Å². The Morgan fingerprint density at radius 1 is 1.21 bits per heavy atom. The number of amides is 1. The second-order valence-electron chi connectivity index (χ2n) is 6.84. The van der Waals surface area contributed by atoms with Gasteiger partial charge in [-0.2, -0.15) is 0 Å². The minimum atomic E-state index is -4.02. The molecule has 0 saturated carbocycles. The predicted octanol–water partition coefficient (Wildman–Crippen LogP) is 1.87. The number of ether oxygens (including phenoxy) is 2. The van der Waals surface area contributed by atoms with Crippen molar-refractivity contribution in [3.63, 3.8) is 0 Å². The van der Waals surface area contributed by atoms with Crippen LogP contribution in [0.15, 0.2) is 47.4 Å². The molecule has 29 heavy (non-hydrogen) atoms. The fourth-order valence-corrected chi connectivity index (χ4v) is 3.94. The fraction of sp³-hybridized carbons (Fsp3) is 0.300. The van der Waals surface area contributed by atoms with Crippen molar-refractivity contribution in [2.45, 2.75) is 37.3 Å². The molecule has 1 aliphatic heterocycles. The Kier molecular flexibility index (Phi) is 5.63. The van der Waals surface area contributed by atoms with Crippen LogP contribution in [0.2, 0.25) is 0 Å². The van der Waals surface area contributed by atoms with E-state index in [-0.39, 0.29) is 28.2 Å². The normalized spacial score (nSPS) is 16.8. The molecule has 0 radical (unpaired) electrons.